The van der Waals surface area contributed by atoms with Crippen molar-refractivity contribution in [3.05, 3.63) is 29.3 Å². The van der Waals surface area contributed by atoms with E-state index in [0.717, 1.165) is 5.56 Å². The summed E-state index contributed by atoms with van der Waals surface area (Å²) in [5.74, 6) is -0.333. The molecule has 22 heavy (non-hydrogen) atoms. The molecule has 0 heterocycles. The fraction of sp³-hybridized carbons (Fsp3) is 0.529. The third-order valence-electron chi connectivity index (χ3n) is 4.07. The molecule has 2 rings (SSSR count). The molecule has 0 aliphatic heterocycles. The van der Waals surface area contributed by atoms with Crippen LogP contribution in [0.2, 0.25) is 0 Å². The van der Waals surface area contributed by atoms with E-state index < -0.39 is 23.5 Å². The summed E-state index contributed by atoms with van der Waals surface area (Å²) in [6.45, 7) is 7.88. The van der Waals surface area contributed by atoms with Gasteiger partial charge in [0, 0.05) is 0 Å². The van der Waals surface area contributed by atoms with Crippen molar-refractivity contribution in [2.45, 2.75) is 58.1 Å². The zero-order valence-electron chi connectivity index (χ0n) is 13.5. The Morgan fingerprint density at radius 2 is 1.91 bits per heavy atom. The molecule has 0 saturated heterocycles. The first kappa shape index (κ1) is 16.3. The molecule has 120 valence electrons. The summed E-state index contributed by atoms with van der Waals surface area (Å²) in [5.41, 5.74) is 1.28. The molecule has 0 spiro atoms. The van der Waals surface area contributed by atoms with Gasteiger partial charge in [-0.05, 0) is 55.9 Å². The highest BCUT2D eigenvalue weighted by Gasteiger charge is 2.52. The van der Waals surface area contributed by atoms with Gasteiger partial charge in [0.2, 0.25) is 0 Å². The van der Waals surface area contributed by atoms with Crippen LogP contribution in [-0.4, -0.2) is 28.6 Å². The van der Waals surface area contributed by atoms with Gasteiger partial charge < -0.3 is 15.2 Å². The molecule has 5 nitrogen and oxygen atoms in total. The third-order valence-corrected chi connectivity index (χ3v) is 4.07. The highest BCUT2D eigenvalue weighted by Crippen LogP contribution is 2.35. The second kappa shape index (κ2) is 5.99. The first-order chi connectivity index (χ1) is 10.2. The van der Waals surface area contributed by atoms with Gasteiger partial charge >= 0.3 is 5.97 Å². The minimum absolute atomic E-state index is 0.398. The summed E-state index contributed by atoms with van der Waals surface area (Å²) in [7, 11) is 0. The minimum atomic E-state index is -1.08. The van der Waals surface area contributed by atoms with Gasteiger partial charge in [0.05, 0.1) is 0 Å². The van der Waals surface area contributed by atoms with Crippen LogP contribution in [0.25, 0.3) is 0 Å². The van der Waals surface area contributed by atoms with E-state index in [1.54, 1.807) is 6.92 Å². The van der Waals surface area contributed by atoms with Crippen molar-refractivity contribution in [1.82, 2.24) is 5.32 Å². The molecule has 1 unspecified atom stereocenters. The maximum atomic E-state index is 12.1. The first-order valence-corrected chi connectivity index (χ1v) is 7.58. The van der Waals surface area contributed by atoms with Gasteiger partial charge in [-0.3, -0.25) is 4.79 Å². The lowest BCUT2D eigenvalue weighted by Gasteiger charge is -2.19. The fourth-order valence-corrected chi connectivity index (χ4v) is 2.48. The molecule has 1 atom stereocenters. The van der Waals surface area contributed by atoms with E-state index in [9.17, 15) is 9.59 Å². The van der Waals surface area contributed by atoms with Gasteiger partial charge in [0.1, 0.15) is 11.3 Å². The summed E-state index contributed by atoms with van der Waals surface area (Å²) in [5, 5.41) is 11.7. The number of nitrogens with one attached hydrogen (secondary N) is 1. The van der Waals surface area contributed by atoms with E-state index in [0.29, 0.717) is 24.5 Å². The molecule has 1 aliphatic carbocycles. The third kappa shape index (κ3) is 3.40. The van der Waals surface area contributed by atoms with Crippen LogP contribution in [0.3, 0.4) is 0 Å². The SMILES string of the molecule is Cc1cc(OC(C)C(=O)NC2(C(=O)O)CC2)ccc1C(C)C. The highest BCUT2D eigenvalue weighted by atomic mass is 16.5. The number of amides is 1. The van der Waals surface area contributed by atoms with E-state index in [4.69, 9.17) is 9.84 Å². The Bertz CT molecular complexity index is 590. The van der Waals surface area contributed by atoms with Gasteiger partial charge in [-0.15, -0.1) is 0 Å². The average Bonchev–Trinajstić information content (AvgIpc) is 3.19. The van der Waals surface area contributed by atoms with E-state index in [2.05, 4.69) is 19.2 Å². The van der Waals surface area contributed by atoms with Crippen LogP contribution >= 0.6 is 0 Å². The van der Waals surface area contributed by atoms with E-state index in [1.165, 1.54) is 5.56 Å². The van der Waals surface area contributed by atoms with Crippen molar-refractivity contribution in [3.63, 3.8) is 0 Å². The molecule has 1 amide bonds. The van der Waals surface area contributed by atoms with Crippen molar-refractivity contribution >= 4 is 11.9 Å². The Morgan fingerprint density at radius 3 is 2.36 bits per heavy atom. The lowest BCUT2D eigenvalue weighted by molar-refractivity contribution is -0.144. The minimum Gasteiger partial charge on any atom is -0.481 e. The molecule has 0 radical (unpaired) electrons. The summed E-state index contributed by atoms with van der Waals surface area (Å²) in [4.78, 5) is 23.2. The second-order valence-corrected chi connectivity index (χ2v) is 6.31. The van der Waals surface area contributed by atoms with Crippen molar-refractivity contribution < 1.29 is 19.4 Å². The van der Waals surface area contributed by atoms with Crippen LogP contribution in [-0.2, 0) is 9.59 Å². The number of benzene rings is 1. The zero-order chi connectivity index (χ0) is 16.5. The number of carbonyl (C=O) groups is 2. The number of hydrogen-bond acceptors (Lipinski definition) is 3. The number of aryl methyl sites for hydroxylation is 1. The maximum Gasteiger partial charge on any atom is 0.329 e. The predicted octanol–water partition coefficient (Wildman–Crippen LogP) is 2.62. The Kier molecular flexibility index (Phi) is 4.44. The summed E-state index contributed by atoms with van der Waals surface area (Å²) in [6, 6.07) is 5.75. The fourth-order valence-electron chi connectivity index (χ4n) is 2.48. The molecule has 0 aromatic heterocycles. The van der Waals surface area contributed by atoms with Crippen LogP contribution in [0.15, 0.2) is 18.2 Å². The zero-order valence-corrected chi connectivity index (χ0v) is 13.5. The molecule has 2 N–H and O–H groups in total. The van der Waals surface area contributed by atoms with Gasteiger partial charge in [-0.2, -0.15) is 0 Å². The quantitative estimate of drug-likeness (QED) is 0.847. The number of rotatable bonds is 6. The Balaban J connectivity index is 2.00. The van der Waals surface area contributed by atoms with Crippen LogP contribution in [0.4, 0.5) is 0 Å². The summed E-state index contributed by atoms with van der Waals surface area (Å²) < 4.78 is 5.64. The average molecular weight is 305 g/mol. The number of aliphatic carboxylic acids is 1. The second-order valence-electron chi connectivity index (χ2n) is 6.31. The van der Waals surface area contributed by atoms with Gasteiger partial charge in [-0.1, -0.05) is 19.9 Å². The van der Waals surface area contributed by atoms with Crippen LogP contribution < -0.4 is 10.1 Å². The smallest absolute Gasteiger partial charge is 0.329 e. The van der Waals surface area contributed by atoms with E-state index >= 15 is 0 Å². The molecule has 1 aliphatic rings. The number of ether oxygens (including phenoxy) is 1. The van der Waals surface area contributed by atoms with Crippen LogP contribution in [0, 0.1) is 6.92 Å². The lowest BCUT2D eigenvalue weighted by atomic mass is 9.98. The lowest BCUT2D eigenvalue weighted by Crippen LogP contribution is -2.48. The Morgan fingerprint density at radius 1 is 1.27 bits per heavy atom. The molecule has 1 aromatic rings. The van der Waals surface area contributed by atoms with E-state index in [1.807, 2.05) is 25.1 Å². The maximum absolute atomic E-state index is 12.1. The van der Waals surface area contributed by atoms with Crippen molar-refractivity contribution in [3.8, 4) is 5.75 Å². The molecular formula is C17H23NO4. The Hall–Kier alpha value is -2.04. The molecule has 1 fully saturated rings. The number of carboxylic acids is 1. The largest absolute Gasteiger partial charge is 0.481 e. The van der Waals surface area contributed by atoms with Crippen molar-refractivity contribution in [1.29, 1.82) is 0 Å². The van der Waals surface area contributed by atoms with Crippen molar-refractivity contribution in [2.75, 3.05) is 0 Å². The highest BCUT2D eigenvalue weighted by molar-refractivity contribution is 5.91. The van der Waals surface area contributed by atoms with Crippen LogP contribution in [0.1, 0.15) is 50.7 Å². The molecular weight excluding hydrogens is 282 g/mol. The normalized spacial score (nSPS) is 17.0. The summed E-state index contributed by atoms with van der Waals surface area (Å²) >= 11 is 0. The first-order valence-electron chi connectivity index (χ1n) is 7.58. The molecule has 5 heteroatoms. The Labute approximate surface area is 130 Å². The predicted molar refractivity (Wildman–Crippen MR) is 83.1 cm³/mol. The summed E-state index contributed by atoms with van der Waals surface area (Å²) in [6.07, 6.45) is 0.215. The van der Waals surface area contributed by atoms with E-state index in [-0.39, 0.29) is 0 Å². The molecule has 1 aromatic carbocycles. The van der Waals surface area contributed by atoms with Gasteiger partial charge in [0.15, 0.2) is 6.10 Å². The van der Waals surface area contributed by atoms with Crippen LogP contribution in [0.5, 0.6) is 5.75 Å². The van der Waals surface area contributed by atoms with Gasteiger partial charge in [0.25, 0.3) is 5.91 Å². The monoisotopic (exact) mass is 305 g/mol. The number of carbonyl (C=O) groups excluding carboxylic acids is 1. The topological polar surface area (TPSA) is 75.6 Å². The number of hydrogen-bond donors (Lipinski definition) is 2. The number of carboxylic acid groups (broad SMARTS) is 1. The molecule has 0 bridgehead atoms. The standard InChI is InChI=1S/C17H23NO4/c1-10(2)14-6-5-13(9-11(14)3)22-12(4)15(19)18-17(7-8-17)16(20)21/h5-6,9-10,12H,7-8H2,1-4H3,(H,18,19)(H,20,21). The molecule has 1 saturated carbocycles. The van der Waals surface area contributed by atoms with Gasteiger partial charge in [-0.25, -0.2) is 4.79 Å². The van der Waals surface area contributed by atoms with Crippen molar-refractivity contribution in [2.24, 2.45) is 0 Å².